The fourth-order valence-corrected chi connectivity index (χ4v) is 5.61. The summed E-state index contributed by atoms with van der Waals surface area (Å²) in [6, 6.07) is 6.63. The van der Waals surface area contributed by atoms with Crippen molar-refractivity contribution in [2.45, 2.75) is 33.1 Å². The minimum Gasteiger partial charge on any atom is -0.368 e. The molecule has 0 saturated carbocycles. The molecule has 0 atom stereocenters. The molecule has 0 N–H and O–H groups in total. The Balaban J connectivity index is 1.42. The lowest BCUT2D eigenvalue weighted by Crippen LogP contribution is -2.47. The molecule has 134 valence electrons. The van der Waals surface area contributed by atoms with Crippen molar-refractivity contribution in [3.8, 4) is 0 Å². The first-order valence-corrected chi connectivity index (χ1v) is 10.4. The van der Waals surface area contributed by atoms with Gasteiger partial charge in [0.25, 0.3) is 0 Å². The largest absolute Gasteiger partial charge is 0.368 e. The van der Waals surface area contributed by atoms with E-state index in [2.05, 4.69) is 46.8 Å². The highest BCUT2D eigenvalue weighted by atomic mass is 32.1. The molecule has 0 bridgehead atoms. The summed E-state index contributed by atoms with van der Waals surface area (Å²) in [5.74, 6) is 1.16. The molecule has 0 amide bonds. The van der Waals surface area contributed by atoms with E-state index in [4.69, 9.17) is 4.98 Å². The lowest BCUT2D eigenvalue weighted by atomic mass is 10.1. The SMILES string of the molecule is Cc1cccc(N2CCN(c3ncnc4sc5c(c34)CCC5)CC2)c1C. The number of hydrogen-bond donors (Lipinski definition) is 0. The minimum atomic E-state index is 1.02. The standard InChI is InChI=1S/C21H24N4S/c1-14-5-3-7-17(15(14)2)24-9-11-25(12-10-24)20-19-16-6-4-8-18(16)26-21(19)23-13-22-20/h3,5,7,13H,4,6,8-12H2,1-2H3. The van der Waals surface area contributed by atoms with Crippen LogP contribution >= 0.6 is 11.3 Å². The number of hydrogen-bond acceptors (Lipinski definition) is 5. The molecule has 2 aromatic heterocycles. The predicted molar refractivity (Wildman–Crippen MR) is 110 cm³/mol. The van der Waals surface area contributed by atoms with Gasteiger partial charge in [-0.05, 0) is 55.9 Å². The van der Waals surface area contributed by atoms with Crippen molar-refractivity contribution in [2.24, 2.45) is 0 Å². The van der Waals surface area contributed by atoms with E-state index in [1.54, 1.807) is 6.33 Å². The predicted octanol–water partition coefficient (Wildman–Crippen LogP) is 4.12. The summed E-state index contributed by atoms with van der Waals surface area (Å²) in [5, 5.41) is 1.34. The van der Waals surface area contributed by atoms with Crippen LogP contribution in [0.2, 0.25) is 0 Å². The smallest absolute Gasteiger partial charge is 0.141 e. The lowest BCUT2D eigenvalue weighted by Gasteiger charge is -2.37. The molecule has 5 heteroatoms. The van der Waals surface area contributed by atoms with Crippen molar-refractivity contribution in [2.75, 3.05) is 36.0 Å². The van der Waals surface area contributed by atoms with Gasteiger partial charge in [-0.2, -0.15) is 0 Å². The van der Waals surface area contributed by atoms with Crippen molar-refractivity contribution in [3.05, 3.63) is 46.1 Å². The lowest BCUT2D eigenvalue weighted by molar-refractivity contribution is 0.647. The van der Waals surface area contributed by atoms with E-state index in [1.165, 1.54) is 56.7 Å². The van der Waals surface area contributed by atoms with E-state index in [9.17, 15) is 0 Å². The molecule has 26 heavy (non-hydrogen) atoms. The van der Waals surface area contributed by atoms with Gasteiger partial charge in [-0.25, -0.2) is 9.97 Å². The van der Waals surface area contributed by atoms with Gasteiger partial charge in [0.2, 0.25) is 0 Å². The zero-order valence-corrected chi connectivity index (χ0v) is 16.3. The molecule has 4 nitrogen and oxygen atoms in total. The molecule has 3 aromatic rings. The van der Waals surface area contributed by atoms with Crippen LogP contribution in [0.25, 0.3) is 10.2 Å². The Hall–Kier alpha value is -2.14. The maximum atomic E-state index is 4.71. The topological polar surface area (TPSA) is 32.3 Å². The molecule has 2 aliphatic rings. The Kier molecular flexibility index (Phi) is 3.85. The summed E-state index contributed by atoms with van der Waals surface area (Å²) >= 11 is 1.88. The van der Waals surface area contributed by atoms with E-state index in [0.717, 1.165) is 32.0 Å². The number of anilines is 2. The number of thiophene rings is 1. The maximum absolute atomic E-state index is 4.71. The number of aryl methyl sites for hydroxylation is 3. The first-order chi connectivity index (χ1) is 12.7. The molecule has 5 rings (SSSR count). The third kappa shape index (κ3) is 2.49. The Labute approximate surface area is 158 Å². The van der Waals surface area contributed by atoms with E-state index in [1.807, 2.05) is 11.3 Å². The summed E-state index contributed by atoms with van der Waals surface area (Å²) in [6.07, 6.45) is 5.45. The highest BCUT2D eigenvalue weighted by molar-refractivity contribution is 7.19. The molecule has 0 unspecified atom stereocenters. The van der Waals surface area contributed by atoms with Crippen LogP contribution in [0.1, 0.15) is 28.0 Å². The zero-order chi connectivity index (χ0) is 17.7. The molecule has 0 radical (unpaired) electrons. The summed E-state index contributed by atoms with van der Waals surface area (Å²) in [4.78, 5) is 17.0. The number of aromatic nitrogens is 2. The third-order valence-corrected chi connectivity index (χ3v) is 7.18. The molecule has 0 spiro atoms. The van der Waals surface area contributed by atoms with Gasteiger partial charge in [0.15, 0.2) is 0 Å². The van der Waals surface area contributed by atoms with Gasteiger partial charge in [-0.15, -0.1) is 11.3 Å². The highest BCUT2D eigenvalue weighted by Gasteiger charge is 2.26. The average Bonchev–Trinajstić information content (AvgIpc) is 3.25. The normalized spacial score (nSPS) is 17.2. The van der Waals surface area contributed by atoms with E-state index in [-0.39, 0.29) is 0 Å². The first kappa shape index (κ1) is 16.1. The number of nitrogens with zero attached hydrogens (tertiary/aromatic N) is 4. The van der Waals surface area contributed by atoms with Crippen molar-refractivity contribution >= 4 is 33.1 Å². The summed E-state index contributed by atoms with van der Waals surface area (Å²) in [6.45, 7) is 8.56. The van der Waals surface area contributed by atoms with Crippen molar-refractivity contribution in [3.63, 3.8) is 0 Å². The van der Waals surface area contributed by atoms with E-state index >= 15 is 0 Å². The monoisotopic (exact) mass is 364 g/mol. The van der Waals surface area contributed by atoms with Crippen molar-refractivity contribution in [1.82, 2.24) is 9.97 Å². The number of piperazine rings is 1. The molecular weight excluding hydrogens is 340 g/mol. The van der Waals surface area contributed by atoms with Crippen LogP contribution in [-0.4, -0.2) is 36.1 Å². The van der Waals surface area contributed by atoms with Gasteiger partial charge in [-0.3, -0.25) is 0 Å². The van der Waals surface area contributed by atoms with Gasteiger partial charge >= 0.3 is 0 Å². The van der Waals surface area contributed by atoms with Gasteiger partial charge in [0.05, 0.1) is 5.39 Å². The van der Waals surface area contributed by atoms with Crippen molar-refractivity contribution < 1.29 is 0 Å². The Morgan fingerprint density at radius 2 is 1.77 bits per heavy atom. The zero-order valence-electron chi connectivity index (χ0n) is 15.5. The van der Waals surface area contributed by atoms with Crippen LogP contribution in [0.5, 0.6) is 0 Å². The van der Waals surface area contributed by atoms with Crippen LogP contribution in [0.4, 0.5) is 11.5 Å². The van der Waals surface area contributed by atoms with Crippen molar-refractivity contribution in [1.29, 1.82) is 0 Å². The Bertz CT molecular complexity index is 970. The second-order valence-corrected chi connectivity index (χ2v) is 8.51. The highest BCUT2D eigenvalue weighted by Crippen LogP contribution is 2.40. The summed E-state index contributed by atoms with van der Waals surface area (Å²) in [7, 11) is 0. The minimum absolute atomic E-state index is 1.02. The molecule has 1 aliphatic heterocycles. The number of rotatable bonds is 2. The van der Waals surface area contributed by atoms with Gasteiger partial charge < -0.3 is 9.80 Å². The fraction of sp³-hybridized carbons (Fsp3) is 0.429. The summed E-state index contributed by atoms with van der Waals surface area (Å²) < 4.78 is 0. The number of fused-ring (bicyclic) bond motifs is 3. The molecule has 1 aromatic carbocycles. The molecule has 3 heterocycles. The van der Waals surface area contributed by atoms with Crippen LogP contribution in [0.15, 0.2) is 24.5 Å². The van der Waals surface area contributed by atoms with Crippen LogP contribution in [-0.2, 0) is 12.8 Å². The second kappa shape index (κ2) is 6.23. The molecule has 1 aliphatic carbocycles. The molecule has 1 saturated heterocycles. The quantitative estimate of drug-likeness (QED) is 0.685. The second-order valence-electron chi connectivity index (χ2n) is 7.43. The summed E-state index contributed by atoms with van der Waals surface area (Å²) in [5.41, 5.74) is 5.68. The van der Waals surface area contributed by atoms with Gasteiger partial charge in [0.1, 0.15) is 17.0 Å². The average molecular weight is 365 g/mol. The van der Waals surface area contributed by atoms with Gasteiger partial charge in [0, 0.05) is 36.7 Å². The van der Waals surface area contributed by atoms with Gasteiger partial charge in [-0.1, -0.05) is 12.1 Å². The van der Waals surface area contributed by atoms with Crippen LogP contribution in [0.3, 0.4) is 0 Å². The van der Waals surface area contributed by atoms with E-state index in [0.29, 0.717) is 0 Å². The first-order valence-electron chi connectivity index (χ1n) is 9.54. The Morgan fingerprint density at radius 3 is 2.62 bits per heavy atom. The Morgan fingerprint density at radius 1 is 0.962 bits per heavy atom. The molecular formula is C21H24N4S. The third-order valence-electron chi connectivity index (χ3n) is 5.98. The molecule has 1 fully saturated rings. The van der Waals surface area contributed by atoms with Crippen LogP contribution < -0.4 is 9.80 Å². The van der Waals surface area contributed by atoms with Crippen LogP contribution in [0, 0.1) is 13.8 Å². The number of benzene rings is 1. The van der Waals surface area contributed by atoms with E-state index < -0.39 is 0 Å². The maximum Gasteiger partial charge on any atom is 0.141 e. The fourth-order valence-electron chi connectivity index (χ4n) is 4.39.